The van der Waals surface area contributed by atoms with E-state index in [0.717, 1.165) is 11.3 Å². The molecule has 2 aromatic rings. The first-order valence-corrected chi connectivity index (χ1v) is 8.34. The number of hydrogen-bond acceptors (Lipinski definition) is 4. The van der Waals surface area contributed by atoms with E-state index in [1.807, 2.05) is 32.0 Å². The smallest absolute Gasteiger partial charge is 0.248 e. The number of anilines is 1. The lowest BCUT2D eigenvalue weighted by Crippen LogP contribution is -2.46. The van der Waals surface area contributed by atoms with Crippen molar-refractivity contribution < 1.29 is 9.59 Å². The second-order valence-electron chi connectivity index (χ2n) is 5.71. The third kappa shape index (κ3) is 5.17. The van der Waals surface area contributed by atoms with Crippen molar-refractivity contribution in [3.63, 3.8) is 0 Å². The molecule has 1 heterocycles. The number of benzene rings is 1. The quantitative estimate of drug-likeness (QED) is 0.855. The van der Waals surface area contributed by atoms with E-state index in [1.54, 1.807) is 6.20 Å². The number of amides is 2. The van der Waals surface area contributed by atoms with Crippen LogP contribution in [0, 0.1) is 5.92 Å². The van der Waals surface area contributed by atoms with Crippen LogP contribution in [0.3, 0.4) is 0 Å². The molecule has 23 heavy (non-hydrogen) atoms. The van der Waals surface area contributed by atoms with Crippen molar-refractivity contribution in [3.05, 3.63) is 47.0 Å². The average Bonchev–Trinajstić information content (AvgIpc) is 2.92. The zero-order chi connectivity index (χ0) is 16.8. The van der Waals surface area contributed by atoms with Gasteiger partial charge in [-0.3, -0.25) is 9.59 Å². The molecule has 5 nitrogen and oxygen atoms in total. The Morgan fingerprint density at radius 1 is 1.22 bits per heavy atom. The Labute approximate surface area is 140 Å². The zero-order valence-electron chi connectivity index (χ0n) is 13.5. The maximum absolute atomic E-state index is 12.3. The molecule has 6 heteroatoms. The second-order valence-corrected chi connectivity index (χ2v) is 6.82. The van der Waals surface area contributed by atoms with E-state index in [2.05, 4.69) is 27.8 Å². The van der Waals surface area contributed by atoms with Gasteiger partial charge in [-0.2, -0.15) is 0 Å². The molecule has 0 spiro atoms. The summed E-state index contributed by atoms with van der Waals surface area (Å²) in [5.74, 6) is -0.457. The van der Waals surface area contributed by atoms with Crippen LogP contribution >= 0.6 is 11.3 Å². The lowest BCUT2D eigenvalue weighted by atomic mass is 10.0. The number of thiazole rings is 1. The third-order valence-corrected chi connectivity index (χ3v) is 4.23. The average molecular weight is 331 g/mol. The first-order chi connectivity index (χ1) is 11.0. The minimum Gasteiger partial charge on any atom is -0.344 e. The highest BCUT2D eigenvalue weighted by Crippen LogP contribution is 2.21. The van der Waals surface area contributed by atoms with E-state index in [0.29, 0.717) is 5.13 Å². The second kappa shape index (κ2) is 7.87. The first kappa shape index (κ1) is 17.1. The molecule has 0 aliphatic heterocycles. The summed E-state index contributed by atoms with van der Waals surface area (Å²) in [7, 11) is 0. The molecule has 0 radical (unpaired) electrons. The largest absolute Gasteiger partial charge is 0.344 e. The van der Waals surface area contributed by atoms with Gasteiger partial charge in [-0.05, 0) is 11.5 Å². The number of nitrogens with zero attached hydrogens (tertiary/aromatic N) is 1. The van der Waals surface area contributed by atoms with Crippen LogP contribution in [0.4, 0.5) is 5.13 Å². The monoisotopic (exact) mass is 331 g/mol. The summed E-state index contributed by atoms with van der Waals surface area (Å²) in [6, 6.07) is 9.54. The molecule has 1 aromatic carbocycles. The first-order valence-electron chi connectivity index (χ1n) is 7.52. The van der Waals surface area contributed by atoms with Crippen LogP contribution in [0.5, 0.6) is 0 Å². The maximum atomic E-state index is 12.3. The van der Waals surface area contributed by atoms with Gasteiger partial charge in [-0.1, -0.05) is 44.2 Å². The molecule has 0 bridgehead atoms. The normalized spacial score (nSPS) is 12.0. The number of carbonyl (C=O) groups excluding carboxylic acids is 2. The topological polar surface area (TPSA) is 71.1 Å². The summed E-state index contributed by atoms with van der Waals surface area (Å²) in [4.78, 5) is 28.8. The highest BCUT2D eigenvalue weighted by atomic mass is 32.1. The number of rotatable bonds is 6. The molecular formula is C17H21N3O2S. The van der Waals surface area contributed by atoms with Crippen molar-refractivity contribution in [2.75, 3.05) is 5.32 Å². The summed E-state index contributed by atoms with van der Waals surface area (Å²) in [6.45, 7) is 5.19. The molecule has 0 aliphatic rings. The predicted octanol–water partition coefficient (Wildman–Crippen LogP) is 2.83. The Morgan fingerprint density at radius 2 is 1.91 bits per heavy atom. The SMILES string of the molecule is CC(=O)NC(C(=O)Nc1ncc(Cc2ccccc2)s1)C(C)C. The van der Waals surface area contributed by atoms with E-state index in [9.17, 15) is 9.59 Å². The van der Waals surface area contributed by atoms with E-state index < -0.39 is 6.04 Å². The lowest BCUT2D eigenvalue weighted by Gasteiger charge is -2.20. The fourth-order valence-electron chi connectivity index (χ4n) is 2.18. The van der Waals surface area contributed by atoms with E-state index in [4.69, 9.17) is 0 Å². The van der Waals surface area contributed by atoms with Crippen LogP contribution in [-0.4, -0.2) is 22.8 Å². The predicted molar refractivity (Wildman–Crippen MR) is 92.4 cm³/mol. The minimum atomic E-state index is -0.561. The lowest BCUT2D eigenvalue weighted by molar-refractivity contribution is -0.126. The third-order valence-electron chi connectivity index (χ3n) is 3.31. The van der Waals surface area contributed by atoms with Crippen LogP contribution in [0.15, 0.2) is 36.5 Å². The molecule has 2 N–H and O–H groups in total. The van der Waals surface area contributed by atoms with Crippen molar-refractivity contribution in [2.45, 2.75) is 33.2 Å². The Kier molecular flexibility index (Phi) is 5.87. The van der Waals surface area contributed by atoms with E-state index in [1.165, 1.54) is 23.8 Å². The van der Waals surface area contributed by atoms with Gasteiger partial charge in [0.2, 0.25) is 11.8 Å². The van der Waals surface area contributed by atoms with Gasteiger partial charge in [-0.25, -0.2) is 4.98 Å². The van der Waals surface area contributed by atoms with Crippen molar-refractivity contribution in [3.8, 4) is 0 Å². The van der Waals surface area contributed by atoms with Crippen LogP contribution in [0.1, 0.15) is 31.2 Å². The van der Waals surface area contributed by atoms with Crippen molar-refractivity contribution in [2.24, 2.45) is 5.92 Å². The van der Waals surface area contributed by atoms with Crippen LogP contribution in [-0.2, 0) is 16.0 Å². The number of carbonyl (C=O) groups is 2. The number of hydrogen-bond donors (Lipinski definition) is 2. The fourth-order valence-corrected chi connectivity index (χ4v) is 3.03. The molecule has 0 aliphatic carbocycles. The van der Waals surface area contributed by atoms with E-state index in [-0.39, 0.29) is 17.7 Å². The van der Waals surface area contributed by atoms with Gasteiger partial charge >= 0.3 is 0 Å². The van der Waals surface area contributed by atoms with Crippen molar-refractivity contribution >= 4 is 28.3 Å². The van der Waals surface area contributed by atoms with Gasteiger partial charge < -0.3 is 10.6 Å². The van der Waals surface area contributed by atoms with E-state index >= 15 is 0 Å². The molecule has 0 fully saturated rings. The Morgan fingerprint density at radius 3 is 2.52 bits per heavy atom. The maximum Gasteiger partial charge on any atom is 0.248 e. The molecular weight excluding hydrogens is 310 g/mol. The molecule has 0 saturated heterocycles. The summed E-state index contributed by atoms with van der Waals surface area (Å²) in [5, 5.41) is 6.01. The van der Waals surface area contributed by atoms with Gasteiger partial charge in [0.05, 0.1) is 0 Å². The van der Waals surface area contributed by atoms with Gasteiger partial charge in [0.15, 0.2) is 5.13 Å². The number of aromatic nitrogens is 1. The van der Waals surface area contributed by atoms with Gasteiger partial charge in [-0.15, -0.1) is 11.3 Å². The summed E-state index contributed by atoms with van der Waals surface area (Å²) in [5.41, 5.74) is 1.20. The Bertz CT molecular complexity index is 667. The Balaban J connectivity index is 2.00. The van der Waals surface area contributed by atoms with Crippen LogP contribution in [0.2, 0.25) is 0 Å². The molecule has 2 rings (SSSR count). The van der Waals surface area contributed by atoms with Gasteiger partial charge in [0, 0.05) is 24.4 Å². The Hall–Kier alpha value is -2.21. The molecule has 1 aromatic heterocycles. The molecule has 122 valence electrons. The molecule has 1 atom stereocenters. The van der Waals surface area contributed by atoms with Crippen LogP contribution in [0.25, 0.3) is 0 Å². The highest BCUT2D eigenvalue weighted by molar-refractivity contribution is 7.15. The highest BCUT2D eigenvalue weighted by Gasteiger charge is 2.23. The van der Waals surface area contributed by atoms with Crippen molar-refractivity contribution in [1.82, 2.24) is 10.3 Å². The van der Waals surface area contributed by atoms with Gasteiger partial charge in [0.1, 0.15) is 6.04 Å². The summed E-state index contributed by atoms with van der Waals surface area (Å²) in [6.07, 6.45) is 2.56. The fraction of sp³-hybridized carbons (Fsp3) is 0.353. The number of nitrogens with one attached hydrogen (secondary N) is 2. The summed E-state index contributed by atoms with van der Waals surface area (Å²) >= 11 is 1.45. The molecule has 2 amide bonds. The molecule has 1 unspecified atom stereocenters. The molecule has 0 saturated carbocycles. The minimum absolute atomic E-state index is 0.00246. The van der Waals surface area contributed by atoms with Gasteiger partial charge in [0.25, 0.3) is 0 Å². The van der Waals surface area contributed by atoms with Crippen molar-refractivity contribution in [1.29, 1.82) is 0 Å². The van der Waals surface area contributed by atoms with Crippen LogP contribution < -0.4 is 10.6 Å². The summed E-state index contributed by atoms with van der Waals surface area (Å²) < 4.78 is 0. The standard InChI is InChI=1S/C17H21N3O2S/c1-11(2)15(19-12(3)21)16(22)20-17-18-10-14(23-17)9-13-7-5-4-6-8-13/h4-8,10-11,15H,9H2,1-3H3,(H,19,21)(H,18,20,22). The zero-order valence-corrected chi connectivity index (χ0v) is 14.3.